The SMILES string of the molecule is c1ccc2c(c1)Oc1cc3c4ccc5ccccc5c4n(-c4ccc5c(c4)oc4ccccc45)c3cc1C21c2ccccc2-c2ccccc21. The van der Waals surface area contributed by atoms with Crippen LogP contribution in [-0.2, 0) is 5.41 Å². The van der Waals surface area contributed by atoms with E-state index in [0.717, 1.165) is 55.6 Å². The molecule has 3 heterocycles. The predicted octanol–water partition coefficient (Wildman–Crippen LogP) is 12.3. The second-order valence-electron chi connectivity index (χ2n) is 13.6. The molecule has 0 bridgehead atoms. The molecular weight excluding hydrogens is 611 g/mol. The van der Waals surface area contributed by atoms with Gasteiger partial charge in [-0.3, -0.25) is 0 Å². The van der Waals surface area contributed by atoms with Gasteiger partial charge in [-0.15, -0.1) is 0 Å². The van der Waals surface area contributed by atoms with Crippen molar-refractivity contribution < 1.29 is 9.15 Å². The molecule has 10 aromatic rings. The summed E-state index contributed by atoms with van der Waals surface area (Å²) in [5.74, 6) is 1.79. The van der Waals surface area contributed by atoms with Crippen LogP contribution >= 0.6 is 0 Å². The number of nitrogens with zero attached hydrogens (tertiary/aromatic N) is 1. The van der Waals surface area contributed by atoms with Gasteiger partial charge < -0.3 is 13.7 Å². The van der Waals surface area contributed by atoms with E-state index in [-0.39, 0.29) is 0 Å². The van der Waals surface area contributed by atoms with E-state index in [1.165, 1.54) is 49.5 Å². The van der Waals surface area contributed by atoms with E-state index in [9.17, 15) is 0 Å². The molecule has 232 valence electrons. The van der Waals surface area contributed by atoms with Gasteiger partial charge in [-0.05, 0) is 64.0 Å². The van der Waals surface area contributed by atoms with Crippen molar-refractivity contribution in [3.63, 3.8) is 0 Å². The van der Waals surface area contributed by atoms with Gasteiger partial charge in [0.1, 0.15) is 22.7 Å². The number of benzene rings is 8. The molecule has 12 rings (SSSR count). The monoisotopic (exact) mass is 637 g/mol. The maximum Gasteiger partial charge on any atom is 0.137 e. The predicted molar refractivity (Wildman–Crippen MR) is 203 cm³/mol. The Balaban J connectivity index is 1.26. The van der Waals surface area contributed by atoms with E-state index in [1.807, 2.05) is 12.1 Å². The Hall–Kier alpha value is -6.58. The zero-order valence-corrected chi connectivity index (χ0v) is 26.9. The van der Waals surface area contributed by atoms with Gasteiger partial charge in [0.05, 0.1) is 16.4 Å². The molecule has 50 heavy (non-hydrogen) atoms. The Morgan fingerprint density at radius 3 is 1.92 bits per heavy atom. The van der Waals surface area contributed by atoms with Crippen LogP contribution in [0.25, 0.3) is 71.3 Å². The number of hydrogen-bond acceptors (Lipinski definition) is 2. The van der Waals surface area contributed by atoms with Crippen LogP contribution in [0.1, 0.15) is 22.3 Å². The highest BCUT2D eigenvalue weighted by Crippen LogP contribution is 2.62. The number of para-hydroxylation sites is 2. The quantitative estimate of drug-likeness (QED) is 0.179. The zero-order valence-electron chi connectivity index (χ0n) is 26.9. The molecule has 0 fully saturated rings. The van der Waals surface area contributed by atoms with Crippen molar-refractivity contribution in [2.75, 3.05) is 0 Å². The van der Waals surface area contributed by atoms with E-state index < -0.39 is 5.41 Å². The van der Waals surface area contributed by atoms with E-state index in [2.05, 4.69) is 156 Å². The van der Waals surface area contributed by atoms with Gasteiger partial charge in [0, 0.05) is 49.8 Å². The molecule has 0 N–H and O–H groups in total. The molecule has 1 spiro atoms. The van der Waals surface area contributed by atoms with E-state index in [0.29, 0.717) is 0 Å². The molecule has 0 unspecified atom stereocenters. The van der Waals surface area contributed by atoms with E-state index in [1.54, 1.807) is 0 Å². The summed E-state index contributed by atoms with van der Waals surface area (Å²) in [5, 5.41) is 7.01. The number of furan rings is 1. The zero-order chi connectivity index (χ0) is 32.6. The molecule has 0 amide bonds. The Bertz CT molecular complexity index is 3040. The van der Waals surface area contributed by atoms with E-state index >= 15 is 0 Å². The second kappa shape index (κ2) is 9.31. The van der Waals surface area contributed by atoms with E-state index in [4.69, 9.17) is 9.15 Å². The average molecular weight is 638 g/mol. The summed E-state index contributed by atoms with van der Waals surface area (Å²) >= 11 is 0. The summed E-state index contributed by atoms with van der Waals surface area (Å²) in [4.78, 5) is 0. The molecule has 0 saturated carbocycles. The fraction of sp³-hybridized carbons (Fsp3) is 0.0213. The van der Waals surface area contributed by atoms with Crippen LogP contribution in [-0.4, -0.2) is 4.57 Å². The highest BCUT2D eigenvalue weighted by Gasteiger charge is 2.51. The average Bonchev–Trinajstić information content (AvgIpc) is 3.81. The van der Waals surface area contributed by atoms with Gasteiger partial charge in [0.15, 0.2) is 0 Å². The van der Waals surface area contributed by atoms with Crippen molar-refractivity contribution in [1.29, 1.82) is 0 Å². The first-order valence-corrected chi connectivity index (χ1v) is 17.2. The largest absolute Gasteiger partial charge is 0.457 e. The summed E-state index contributed by atoms with van der Waals surface area (Å²) < 4.78 is 15.8. The van der Waals surface area contributed by atoms with Crippen molar-refractivity contribution >= 4 is 54.5 Å². The van der Waals surface area contributed by atoms with Crippen molar-refractivity contribution in [3.8, 4) is 28.3 Å². The molecule has 0 saturated heterocycles. The minimum Gasteiger partial charge on any atom is -0.457 e. The third-order valence-electron chi connectivity index (χ3n) is 11.2. The third-order valence-corrected chi connectivity index (χ3v) is 11.2. The van der Waals surface area contributed by atoms with Crippen LogP contribution in [0.2, 0.25) is 0 Å². The van der Waals surface area contributed by atoms with Crippen molar-refractivity contribution in [1.82, 2.24) is 4.57 Å². The fourth-order valence-electron chi connectivity index (χ4n) is 9.25. The molecule has 1 aliphatic heterocycles. The minimum atomic E-state index is -0.544. The first-order valence-electron chi connectivity index (χ1n) is 17.2. The Morgan fingerprint density at radius 2 is 1.08 bits per heavy atom. The van der Waals surface area contributed by atoms with Gasteiger partial charge in [-0.2, -0.15) is 0 Å². The summed E-state index contributed by atoms with van der Waals surface area (Å²) in [6.45, 7) is 0. The molecule has 2 aromatic heterocycles. The number of rotatable bonds is 1. The van der Waals surface area contributed by atoms with Crippen molar-refractivity contribution in [2.45, 2.75) is 5.41 Å². The van der Waals surface area contributed by atoms with Crippen LogP contribution in [0.3, 0.4) is 0 Å². The van der Waals surface area contributed by atoms with Crippen LogP contribution in [0.5, 0.6) is 11.5 Å². The molecule has 2 aliphatic rings. The lowest BCUT2D eigenvalue weighted by molar-refractivity contribution is 0.437. The van der Waals surface area contributed by atoms with Crippen molar-refractivity contribution in [2.24, 2.45) is 0 Å². The van der Waals surface area contributed by atoms with Crippen molar-refractivity contribution in [3.05, 3.63) is 186 Å². The first kappa shape index (κ1) is 26.4. The Labute approximate surface area is 287 Å². The minimum absolute atomic E-state index is 0.544. The molecule has 3 nitrogen and oxygen atoms in total. The Kier molecular flexibility index (Phi) is 4.91. The van der Waals surface area contributed by atoms with Gasteiger partial charge in [0.2, 0.25) is 0 Å². The number of aromatic nitrogens is 1. The highest BCUT2D eigenvalue weighted by molar-refractivity contribution is 6.19. The van der Waals surface area contributed by atoms with Gasteiger partial charge in [0.25, 0.3) is 0 Å². The molecule has 0 atom stereocenters. The van der Waals surface area contributed by atoms with Gasteiger partial charge >= 0.3 is 0 Å². The normalized spacial score (nSPS) is 13.9. The summed E-state index contributed by atoms with van der Waals surface area (Å²) in [6.07, 6.45) is 0. The maximum absolute atomic E-state index is 6.92. The topological polar surface area (TPSA) is 27.3 Å². The number of ether oxygens (including phenoxy) is 1. The molecule has 0 radical (unpaired) electrons. The second-order valence-corrected chi connectivity index (χ2v) is 13.6. The lowest BCUT2D eigenvalue weighted by Gasteiger charge is -2.39. The van der Waals surface area contributed by atoms with Gasteiger partial charge in [-0.25, -0.2) is 0 Å². The summed E-state index contributed by atoms with van der Waals surface area (Å²) in [5.41, 5.74) is 12.0. The maximum atomic E-state index is 6.92. The molecule has 8 aromatic carbocycles. The summed E-state index contributed by atoms with van der Waals surface area (Å²) in [7, 11) is 0. The van der Waals surface area contributed by atoms with Gasteiger partial charge in [-0.1, -0.05) is 121 Å². The fourth-order valence-corrected chi connectivity index (χ4v) is 9.25. The molecule has 3 heteroatoms. The number of fused-ring (bicyclic) bond motifs is 17. The van der Waals surface area contributed by atoms with Crippen LogP contribution in [0.4, 0.5) is 0 Å². The van der Waals surface area contributed by atoms with Crippen LogP contribution < -0.4 is 4.74 Å². The van der Waals surface area contributed by atoms with Crippen LogP contribution in [0, 0.1) is 0 Å². The standard InChI is InChI=1S/C47H27NO2/c1-2-12-30-28(11-1)21-23-35-36-26-45-40(27-41(36)48(46(30)35)29-22-24-34-33-15-5-9-19-42(33)49-44(34)25-29)47(39-18-8-10-20-43(39)50-45)37-16-6-3-13-31(37)32-14-4-7-17-38(32)47/h1-27H. The molecular formula is C47H27NO2. The van der Waals surface area contributed by atoms with Crippen LogP contribution in [0.15, 0.2) is 168 Å². The highest BCUT2D eigenvalue weighted by atomic mass is 16.5. The number of hydrogen-bond donors (Lipinski definition) is 0. The Morgan fingerprint density at radius 1 is 0.420 bits per heavy atom. The smallest absolute Gasteiger partial charge is 0.137 e. The molecule has 1 aliphatic carbocycles. The first-order chi connectivity index (χ1) is 24.8. The lowest BCUT2D eigenvalue weighted by atomic mass is 9.66. The third kappa shape index (κ3) is 3.16. The summed E-state index contributed by atoms with van der Waals surface area (Å²) in [6, 6.07) is 59.3. The lowest BCUT2D eigenvalue weighted by Crippen LogP contribution is -2.32.